The van der Waals surface area contributed by atoms with Gasteiger partial charge in [0.25, 0.3) is 0 Å². The number of nitrogens with zero attached hydrogens (tertiary/aromatic N) is 1. The van der Waals surface area contributed by atoms with E-state index in [-0.39, 0.29) is 17.5 Å². The quantitative estimate of drug-likeness (QED) is 0.699. The molecule has 0 bridgehead atoms. The number of carbonyl (C=O) groups is 2. The molecule has 0 radical (unpaired) electrons. The molecule has 1 saturated heterocycles. The van der Waals surface area contributed by atoms with Gasteiger partial charge in [-0.25, -0.2) is 0 Å². The standard InChI is InChI=1S/C6H11NO2.C6H13NO/c1-7-4-2-3-5(7)6(8)9;1-6(2,3)5(7)4-8/h5H,2-4H2,1H3,(H,8,9);4-5H,7H2,1-3H3. The Bertz CT molecular complexity index is 261. The van der Waals surface area contributed by atoms with Crippen molar-refractivity contribution in [2.24, 2.45) is 11.1 Å². The summed E-state index contributed by atoms with van der Waals surface area (Å²) >= 11 is 0. The van der Waals surface area contributed by atoms with E-state index in [0.29, 0.717) is 0 Å². The molecule has 1 aliphatic heterocycles. The van der Waals surface area contributed by atoms with E-state index in [2.05, 4.69) is 0 Å². The van der Waals surface area contributed by atoms with Gasteiger partial charge in [0, 0.05) is 0 Å². The van der Waals surface area contributed by atoms with Crippen molar-refractivity contribution in [2.75, 3.05) is 13.6 Å². The van der Waals surface area contributed by atoms with Gasteiger partial charge < -0.3 is 15.6 Å². The summed E-state index contributed by atoms with van der Waals surface area (Å²) in [5.74, 6) is -0.685. The average molecular weight is 244 g/mol. The molecule has 0 aromatic rings. The topological polar surface area (TPSA) is 83.6 Å². The molecule has 0 aliphatic carbocycles. The molecular weight excluding hydrogens is 220 g/mol. The van der Waals surface area contributed by atoms with Crippen LogP contribution in [0.1, 0.15) is 33.6 Å². The third-order valence-electron chi connectivity index (χ3n) is 2.95. The predicted molar refractivity (Wildman–Crippen MR) is 66.8 cm³/mol. The Morgan fingerprint density at radius 3 is 2.18 bits per heavy atom. The number of hydrogen-bond donors (Lipinski definition) is 2. The largest absolute Gasteiger partial charge is 0.480 e. The number of aliphatic carboxylic acids is 1. The number of likely N-dealkylation sites (N-methyl/N-ethyl adjacent to an activating group) is 1. The summed E-state index contributed by atoms with van der Waals surface area (Å²) in [5.41, 5.74) is 5.30. The highest BCUT2D eigenvalue weighted by Gasteiger charge is 2.26. The second-order valence-corrected chi connectivity index (χ2v) is 5.50. The maximum atomic E-state index is 10.4. The number of carboxylic acids is 1. The summed E-state index contributed by atoms with van der Waals surface area (Å²) in [5, 5.41) is 8.54. The van der Waals surface area contributed by atoms with E-state index < -0.39 is 5.97 Å². The van der Waals surface area contributed by atoms with Gasteiger partial charge in [-0.05, 0) is 31.8 Å². The first-order valence-electron chi connectivity index (χ1n) is 5.84. The number of nitrogens with two attached hydrogens (primary N) is 1. The zero-order valence-electron chi connectivity index (χ0n) is 11.1. The van der Waals surface area contributed by atoms with E-state index in [1.54, 1.807) is 0 Å². The number of hydrogen-bond acceptors (Lipinski definition) is 4. The van der Waals surface area contributed by atoms with Gasteiger partial charge in [-0.2, -0.15) is 0 Å². The molecule has 1 fully saturated rings. The highest BCUT2D eigenvalue weighted by Crippen LogP contribution is 2.15. The van der Waals surface area contributed by atoms with Crippen molar-refractivity contribution in [1.29, 1.82) is 0 Å². The van der Waals surface area contributed by atoms with Crippen LogP contribution in [0.15, 0.2) is 0 Å². The second-order valence-electron chi connectivity index (χ2n) is 5.50. The Hall–Kier alpha value is -0.940. The van der Waals surface area contributed by atoms with E-state index in [1.807, 2.05) is 32.7 Å². The van der Waals surface area contributed by atoms with Gasteiger partial charge in [-0.1, -0.05) is 20.8 Å². The van der Waals surface area contributed by atoms with Crippen LogP contribution in [0.25, 0.3) is 0 Å². The second kappa shape index (κ2) is 6.71. The van der Waals surface area contributed by atoms with E-state index in [4.69, 9.17) is 10.8 Å². The molecule has 2 unspecified atom stereocenters. The van der Waals surface area contributed by atoms with Crippen LogP contribution < -0.4 is 5.73 Å². The lowest BCUT2D eigenvalue weighted by Gasteiger charge is -2.20. The van der Waals surface area contributed by atoms with Crippen molar-refractivity contribution in [3.8, 4) is 0 Å². The summed E-state index contributed by atoms with van der Waals surface area (Å²) in [7, 11) is 1.85. The van der Waals surface area contributed by atoms with Crippen molar-refractivity contribution < 1.29 is 14.7 Å². The van der Waals surface area contributed by atoms with Crippen molar-refractivity contribution in [3.63, 3.8) is 0 Å². The minimum absolute atomic E-state index is 0.0816. The first-order valence-corrected chi connectivity index (χ1v) is 5.84. The lowest BCUT2D eigenvalue weighted by atomic mass is 9.89. The lowest BCUT2D eigenvalue weighted by molar-refractivity contribution is -0.141. The maximum absolute atomic E-state index is 10.4. The molecule has 1 aliphatic rings. The van der Waals surface area contributed by atoms with Crippen molar-refractivity contribution in [3.05, 3.63) is 0 Å². The first-order chi connectivity index (χ1) is 7.70. The lowest BCUT2D eigenvalue weighted by Crippen LogP contribution is -2.36. The van der Waals surface area contributed by atoms with E-state index in [1.165, 1.54) is 0 Å². The average Bonchev–Trinajstić information content (AvgIpc) is 2.62. The molecule has 2 atom stereocenters. The smallest absolute Gasteiger partial charge is 0.320 e. The summed E-state index contributed by atoms with van der Waals surface area (Å²) < 4.78 is 0. The number of aldehydes is 1. The highest BCUT2D eigenvalue weighted by atomic mass is 16.4. The number of carboxylic acid groups (broad SMARTS) is 1. The SMILES string of the molecule is CC(C)(C)C(N)C=O.CN1CCCC1C(=O)O. The Morgan fingerprint density at radius 1 is 1.53 bits per heavy atom. The molecule has 0 spiro atoms. The number of rotatable bonds is 2. The van der Waals surface area contributed by atoms with Gasteiger partial charge in [-0.3, -0.25) is 9.69 Å². The van der Waals surface area contributed by atoms with Crippen LogP contribution in [0.3, 0.4) is 0 Å². The summed E-state index contributed by atoms with van der Waals surface area (Å²) in [6.07, 6.45) is 2.61. The normalized spacial score (nSPS) is 22.5. The minimum atomic E-state index is -0.685. The third kappa shape index (κ3) is 5.79. The van der Waals surface area contributed by atoms with Gasteiger partial charge in [0.2, 0.25) is 0 Å². The van der Waals surface area contributed by atoms with Crippen LogP contribution in [-0.2, 0) is 9.59 Å². The van der Waals surface area contributed by atoms with Crippen LogP contribution >= 0.6 is 0 Å². The zero-order valence-corrected chi connectivity index (χ0v) is 11.1. The monoisotopic (exact) mass is 244 g/mol. The molecule has 17 heavy (non-hydrogen) atoms. The molecule has 0 amide bonds. The number of likely N-dealkylation sites (tertiary alicyclic amines) is 1. The Labute approximate surface area is 103 Å². The third-order valence-corrected chi connectivity index (χ3v) is 2.95. The van der Waals surface area contributed by atoms with Crippen molar-refractivity contribution >= 4 is 12.3 Å². The molecule has 0 aromatic heterocycles. The maximum Gasteiger partial charge on any atom is 0.320 e. The van der Waals surface area contributed by atoms with E-state index in [9.17, 15) is 9.59 Å². The molecule has 5 nitrogen and oxygen atoms in total. The Morgan fingerprint density at radius 2 is 2.06 bits per heavy atom. The fourth-order valence-electron chi connectivity index (χ4n) is 1.43. The van der Waals surface area contributed by atoms with Crippen LogP contribution in [0.5, 0.6) is 0 Å². The predicted octanol–water partition coefficient (Wildman–Crippen LogP) is 0.724. The van der Waals surface area contributed by atoms with Gasteiger partial charge in [-0.15, -0.1) is 0 Å². The highest BCUT2D eigenvalue weighted by molar-refractivity contribution is 5.73. The summed E-state index contributed by atoms with van der Waals surface area (Å²) in [6, 6.07) is -0.549. The fraction of sp³-hybridized carbons (Fsp3) is 0.833. The fourth-order valence-corrected chi connectivity index (χ4v) is 1.43. The molecule has 1 rings (SSSR count). The Balaban J connectivity index is 0.000000304. The van der Waals surface area contributed by atoms with Crippen molar-refractivity contribution in [2.45, 2.75) is 45.7 Å². The molecule has 1 heterocycles. The molecule has 0 saturated carbocycles. The van der Waals surface area contributed by atoms with Crippen LogP contribution in [0, 0.1) is 5.41 Å². The molecule has 5 heteroatoms. The van der Waals surface area contributed by atoms with Crippen LogP contribution in [0.2, 0.25) is 0 Å². The molecule has 3 N–H and O–H groups in total. The van der Waals surface area contributed by atoms with Gasteiger partial charge in [0.1, 0.15) is 12.3 Å². The number of carbonyl (C=O) groups excluding carboxylic acids is 1. The Kier molecular flexibility index (Phi) is 6.34. The van der Waals surface area contributed by atoms with E-state index >= 15 is 0 Å². The minimum Gasteiger partial charge on any atom is -0.480 e. The first kappa shape index (κ1) is 16.1. The van der Waals surface area contributed by atoms with Crippen LogP contribution in [0.4, 0.5) is 0 Å². The summed E-state index contributed by atoms with van der Waals surface area (Å²) in [6.45, 7) is 6.74. The summed E-state index contributed by atoms with van der Waals surface area (Å²) in [4.78, 5) is 22.3. The molecule has 100 valence electrons. The van der Waals surface area contributed by atoms with Gasteiger partial charge in [0.15, 0.2) is 0 Å². The van der Waals surface area contributed by atoms with E-state index in [0.717, 1.165) is 25.7 Å². The van der Waals surface area contributed by atoms with Crippen molar-refractivity contribution in [1.82, 2.24) is 4.90 Å². The van der Waals surface area contributed by atoms with Gasteiger partial charge >= 0.3 is 5.97 Å². The zero-order chi connectivity index (χ0) is 13.6. The van der Waals surface area contributed by atoms with Gasteiger partial charge in [0.05, 0.1) is 6.04 Å². The molecule has 0 aromatic carbocycles. The molecular formula is C12H24N2O3. The van der Waals surface area contributed by atoms with Crippen LogP contribution in [-0.4, -0.2) is 47.9 Å².